The Morgan fingerprint density at radius 2 is 0.743 bits per heavy atom. The van der Waals surface area contributed by atoms with Crippen LogP contribution in [0.5, 0.6) is 0 Å². The monoisotopic (exact) mass is 548 g/mol. The largest absolute Gasteiger partial charge is 0.522 e. The van der Waals surface area contributed by atoms with Gasteiger partial charge in [-0.05, 0) is 24.4 Å². The summed E-state index contributed by atoms with van der Waals surface area (Å²) in [6.45, 7) is 6.94. The average molecular weight is 549 g/mol. The molecule has 35 heavy (non-hydrogen) atoms. The maximum absolute atomic E-state index is 10.7. The van der Waals surface area contributed by atoms with Crippen LogP contribution in [0.2, 0.25) is 0 Å². The Hall–Kier alpha value is 0.130. The molecule has 1 N–H and O–H groups in total. The Morgan fingerprint density at radius 1 is 0.543 bits per heavy atom. The van der Waals surface area contributed by atoms with Crippen molar-refractivity contribution in [1.82, 2.24) is 0 Å². The van der Waals surface area contributed by atoms with Crippen molar-refractivity contribution in [2.24, 2.45) is 0 Å². The first-order valence-corrected chi connectivity index (χ1v) is 16.3. The van der Waals surface area contributed by atoms with Crippen LogP contribution < -0.4 is 0 Å². The molecule has 0 aliphatic carbocycles. The second kappa shape index (κ2) is 23.3. The van der Waals surface area contributed by atoms with Gasteiger partial charge < -0.3 is 0 Å². The van der Waals surface area contributed by atoms with Crippen LogP contribution in [0, 0.1) is 0 Å². The molecule has 0 spiro atoms. The van der Waals surface area contributed by atoms with Crippen molar-refractivity contribution in [3.8, 4) is 0 Å². The van der Waals surface area contributed by atoms with E-state index in [0.717, 1.165) is 0 Å². The summed E-state index contributed by atoms with van der Waals surface area (Å²) in [6.07, 6.45) is 31.7. The van der Waals surface area contributed by atoms with Crippen LogP contribution in [-0.4, -0.2) is 23.6 Å². The molecule has 0 radical (unpaired) electrons. The maximum Gasteiger partial charge on any atom is 0.522 e. The zero-order valence-corrected chi connectivity index (χ0v) is 24.9. The van der Waals surface area contributed by atoms with Gasteiger partial charge in [-0.3, -0.25) is 4.55 Å². The van der Waals surface area contributed by atoms with Crippen molar-refractivity contribution in [3.63, 3.8) is 0 Å². The molecule has 1 atom stereocenters. The van der Waals surface area contributed by atoms with Gasteiger partial charge in [0, 0.05) is 0 Å². The van der Waals surface area contributed by atoms with Gasteiger partial charge in [0.1, 0.15) is 0 Å². The van der Waals surface area contributed by atoms with E-state index in [1.165, 1.54) is 141 Å². The smallest absolute Gasteiger partial charge is 0.279 e. The molecule has 0 aromatic heterocycles. The van der Waals surface area contributed by atoms with Crippen molar-refractivity contribution < 1.29 is 26.1 Å². The standard InChI is InChI=1S/C26H55P.CHF3O3S/c1-4-7-10-13-16-19-22-25-26(27,23-20-17-14-11-8-5-2)24-21-18-15-12-9-6-3;2-1(3,4)8(5,6)7/h4-25,27H2,1-3H3;(H,5,6,7). The van der Waals surface area contributed by atoms with Crippen LogP contribution in [0.25, 0.3) is 0 Å². The van der Waals surface area contributed by atoms with Gasteiger partial charge in [-0.25, -0.2) is 0 Å². The predicted octanol–water partition coefficient (Wildman–Crippen LogP) is 10.6. The zero-order valence-electron chi connectivity index (χ0n) is 22.9. The molecular weight excluding hydrogens is 492 g/mol. The third kappa shape index (κ3) is 25.6. The van der Waals surface area contributed by atoms with Gasteiger partial charge in [-0.2, -0.15) is 21.6 Å². The molecule has 0 saturated heterocycles. The zero-order chi connectivity index (χ0) is 27.1. The van der Waals surface area contributed by atoms with Gasteiger partial charge in [-0.15, -0.1) is 9.24 Å². The summed E-state index contributed by atoms with van der Waals surface area (Å²) < 4.78 is 57.5. The lowest BCUT2D eigenvalue weighted by Gasteiger charge is -2.30. The third-order valence-electron chi connectivity index (χ3n) is 6.63. The summed E-state index contributed by atoms with van der Waals surface area (Å²) in [5.41, 5.74) is -5.53. The minimum Gasteiger partial charge on any atom is -0.279 e. The van der Waals surface area contributed by atoms with Gasteiger partial charge in [0.15, 0.2) is 0 Å². The molecule has 0 amide bonds. The van der Waals surface area contributed by atoms with E-state index in [1.54, 1.807) is 0 Å². The lowest BCUT2D eigenvalue weighted by molar-refractivity contribution is -0.0510. The second-order valence-electron chi connectivity index (χ2n) is 10.2. The van der Waals surface area contributed by atoms with Crippen LogP contribution in [-0.2, 0) is 10.1 Å². The van der Waals surface area contributed by atoms with Gasteiger partial charge in [-0.1, -0.05) is 143 Å². The molecular formula is C27H56F3O3PS. The van der Waals surface area contributed by atoms with E-state index in [-0.39, 0.29) is 0 Å². The Bertz CT molecular complexity index is 538. The van der Waals surface area contributed by atoms with E-state index in [9.17, 15) is 13.2 Å². The summed E-state index contributed by atoms with van der Waals surface area (Å²) >= 11 is 0. The topological polar surface area (TPSA) is 54.4 Å². The van der Waals surface area contributed by atoms with Crippen LogP contribution in [0.15, 0.2) is 0 Å². The summed E-state index contributed by atoms with van der Waals surface area (Å²) in [4.78, 5) is 0. The first-order valence-electron chi connectivity index (χ1n) is 14.3. The quantitative estimate of drug-likeness (QED) is 0.0633. The minimum absolute atomic E-state index is 0.554. The van der Waals surface area contributed by atoms with Crippen molar-refractivity contribution in [1.29, 1.82) is 0 Å². The number of rotatable bonds is 22. The summed E-state index contributed by atoms with van der Waals surface area (Å²) in [6, 6.07) is 0. The lowest BCUT2D eigenvalue weighted by Crippen LogP contribution is -2.21. The first-order chi connectivity index (χ1) is 16.4. The molecule has 3 nitrogen and oxygen atoms in total. The SMILES string of the molecule is CCCCCCCCCC(P)(CCCCCCCC)CCCCCCCC.O=S(=O)(O)C(F)(F)F. The van der Waals surface area contributed by atoms with Crippen molar-refractivity contribution >= 4 is 19.4 Å². The van der Waals surface area contributed by atoms with Crippen molar-refractivity contribution in [2.45, 2.75) is 173 Å². The molecule has 0 aromatic rings. The van der Waals surface area contributed by atoms with Gasteiger partial charge >= 0.3 is 15.6 Å². The predicted molar refractivity (Wildman–Crippen MR) is 149 cm³/mol. The van der Waals surface area contributed by atoms with Crippen LogP contribution in [0.3, 0.4) is 0 Å². The Balaban J connectivity index is 0. The van der Waals surface area contributed by atoms with E-state index in [2.05, 4.69) is 30.0 Å². The summed E-state index contributed by atoms with van der Waals surface area (Å²) in [7, 11) is -2.49. The van der Waals surface area contributed by atoms with Crippen LogP contribution in [0.1, 0.15) is 162 Å². The van der Waals surface area contributed by atoms with Crippen molar-refractivity contribution in [3.05, 3.63) is 0 Å². The summed E-state index contributed by atoms with van der Waals surface area (Å²) in [5.74, 6) is 0. The van der Waals surface area contributed by atoms with Crippen LogP contribution >= 0.6 is 9.24 Å². The molecule has 0 bridgehead atoms. The molecule has 8 heteroatoms. The number of alkyl halides is 3. The van der Waals surface area contributed by atoms with E-state index < -0.39 is 15.6 Å². The van der Waals surface area contributed by atoms with Crippen molar-refractivity contribution in [2.75, 3.05) is 0 Å². The molecule has 0 aromatic carbocycles. The molecule has 214 valence electrons. The molecule has 0 heterocycles. The highest BCUT2D eigenvalue weighted by molar-refractivity contribution is 7.86. The minimum atomic E-state index is -5.84. The van der Waals surface area contributed by atoms with Gasteiger partial charge in [0.2, 0.25) is 0 Å². The molecule has 0 rings (SSSR count). The Labute approximate surface area is 218 Å². The molecule has 1 unspecified atom stereocenters. The fraction of sp³-hybridized carbons (Fsp3) is 1.00. The summed E-state index contributed by atoms with van der Waals surface area (Å²) in [5, 5.41) is 0.554. The molecule has 0 saturated carbocycles. The van der Waals surface area contributed by atoms with E-state index in [0.29, 0.717) is 5.16 Å². The normalized spacial score (nSPS) is 12.5. The van der Waals surface area contributed by atoms with E-state index in [1.807, 2.05) is 0 Å². The highest BCUT2D eigenvalue weighted by Crippen LogP contribution is 2.37. The van der Waals surface area contributed by atoms with Gasteiger partial charge in [0.05, 0.1) is 0 Å². The highest BCUT2D eigenvalue weighted by atomic mass is 32.2. The Kier molecular flexibility index (Phi) is 24.8. The van der Waals surface area contributed by atoms with Gasteiger partial charge in [0.25, 0.3) is 0 Å². The number of hydrogen-bond acceptors (Lipinski definition) is 2. The maximum atomic E-state index is 10.7. The number of unbranched alkanes of at least 4 members (excludes halogenated alkanes) is 16. The molecule has 0 fully saturated rings. The highest BCUT2D eigenvalue weighted by Gasteiger charge is 2.44. The van der Waals surface area contributed by atoms with E-state index in [4.69, 9.17) is 13.0 Å². The third-order valence-corrected chi connectivity index (χ3v) is 8.08. The Morgan fingerprint density at radius 3 is 0.943 bits per heavy atom. The lowest BCUT2D eigenvalue weighted by atomic mass is 9.88. The fourth-order valence-corrected chi connectivity index (χ4v) is 4.94. The first kappa shape index (κ1) is 37.3. The number of halogens is 3. The van der Waals surface area contributed by atoms with E-state index >= 15 is 0 Å². The fourth-order valence-electron chi connectivity index (χ4n) is 4.32. The number of hydrogen-bond donors (Lipinski definition) is 1. The molecule has 0 aliphatic rings. The van der Waals surface area contributed by atoms with Crippen LogP contribution in [0.4, 0.5) is 13.2 Å². The second-order valence-corrected chi connectivity index (χ2v) is 12.8. The average Bonchev–Trinajstić information content (AvgIpc) is 2.77. The molecule has 0 aliphatic heterocycles.